The van der Waals surface area contributed by atoms with Crippen LogP contribution >= 0.6 is 0 Å². The fourth-order valence-corrected chi connectivity index (χ4v) is 3.13. The van der Waals surface area contributed by atoms with Crippen molar-refractivity contribution < 1.29 is 14.1 Å². The van der Waals surface area contributed by atoms with Gasteiger partial charge in [-0.1, -0.05) is 23.4 Å². The van der Waals surface area contributed by atoms with Crippen LogP contribution in [0.5, 0.6) is 0 Å². The summed E-state index contributed by atoms with van der Waals surface area (Å²) < 4.78 is 5.25. The molecule has 0 spiro atoms. The number of hydrogen-bond acceptors (Lipinski definition) is 6. The molecule has 8 nitrogen and oxygen atoms in total. The number of hydrogen-bond donors (Lipinski definition) is 2. The third-order valence-electron chi connectivity index (χ3n) is 4.39. The van der Waals surface area contributed by atoms with Crippen molar-refractivity contribution >= 4 is 11.8 Å². The zero-order chi connectivity index (χ0) is 18.4. The molecule has 26 heavy (non-hydrogen) atoms. The van der Waals surface area contributed by atoms with Crippen LogP contribution in [0.1, 0.15) is 18.7 Å². The first-order valence-electron chi connectivity index (χ1n) is 8.78. The van der Waals surface area contributed by atoms with Crippen molar-refractivity contribution in [1.82, 2.24) is 20.4 Å². The summed E-state index contributed by atoms with van der Waals surface area (Å²) in [6, 6.07) is 9.54. The average Bonchev–Trinajstić information content (AvgIpc) is 3.11. The van der Waals surface area contributed by atoms with Crippen LogP contribution < -0.4 is 11.1 Å². The van der Waals surface area contributed by atoms with Crippen molar-refractivity contribution in [3.05, 3.63) is 36.2 Å². The molecular formula is C18H23N5O3. The standard InChI is InChI=1S/C18H23N5O3/c19-15(24)12-23-10-4-7-14(11-23)17(25)20-9-8-16-21-18(26-22-16)13-5-2-1-3-6-13/h1-3,5-6,14H,4,7-12H2,(H2,19,24)(H,20,25)/t14-/m1/s1. The number of benzene rings is 1. The molecule has 0 unspecified atom stereocenters. The third-order valence-corrected chi connectivity index (χ3v) is 4.39. The summed E-state index contributed by atoms with van der Waals surface area (Å²) in [5.41, 5.74) is 6.10. The van der Waals surface area contributed by atoms with Gasteiger partial charge in [0.1, 0.15) is 0 Å². The molecule has 1 aromatic carbocycles. The van der Waals surface area contributed by atoms with E-state index in [0.717, 1.165) is 24.9 Å². The number of nitrogens with zero attached hydrogens (tertiary/aromatic N) is 3. The molecule has 1 aliphatic rings. The zero-order valence-electron chi connectivity index (χ0n) is 14.6. The second-order valence-electron chi connectivity index (χ2n) is 6.46. The highest BCUT2D eigenvalue weighted by molar-refractivity contribution is 5.79. The maximum absolute atomic E-state index is 12.3. The van der Waals surface area contributed by atoms with Gasteiger partial charge in [-0.15, -0.1) is 0 Å². The number of nitrogens with two attached hydrogens (primary N) is 1. The Bertz CT molecular complexity index is 746. The molecule has 1 atom stereocenters. The van der Waals surface area contributed by atoms with Gasteiger partial charge in [-0.3, -0.25) is 14.5 Å². The fourth-order valence-electron chi connectivity index (χ4n) is 3.13. The van der Waals surface area contributed by atoms with Gasteiger partial charge in [-0.25, -0.2) is 0 Å². The number of nitrogens with one attached hydrogen (secondary N) is 1. The van der Waals surface area contributed by atoms with E-state index in [9.17, 15) is 9.59 Å². The van der Waals surface area contributed by atoms with E-state index >= 15 is 0 Å². The van der Waals surface area contributed by atoms with Crippen LogP contribution in [0, 0.1) is 5.92 Å². The predicted molar refractivity (Wildman–Crippen MR) is 94.8 cm³/mol. The number of carbonyl (C=O) groups excluding carboxylic acids is 2. The van der Waals surface area contributed by atoms with Crippen molar-refractivity contribution in [2.24, 2.45) is 11.7 Å². The summed E-state index contributed by atoms with van der Waals surface area (Å²) >= 11 is 0. The number of amides is 2. The van der Waals surface area contributed by atoms with Gasteiger partial charge >= 0.3 is 0 Å². The number of aromatic nitrogens is 2. The minimum absolute atomic E-state index is 0.00838. The zero-order valence-corrected chi connectivity index (χ0v) is 14.6. The summed E-state index contributed by atoms with van der Waals surface area (Å²) in [5, 5.41) is 6.87. The molecule has 3 rings (SSSR count). The van der Waals surface area contributed by atoms with Crippen LogP contribution in [-0.2, 0) is 16.0 Å². The van der Waals surface area contributed by atoms with E-state index in [1.54, 1.807) is 0 Å². The Morgan fingerprint density at radius 1 is 1.31 bits per heavy atom. The van der Waals surface area contributed by atoms with Gasteiger partial charge in [-0.2, -0.15) is 4.98 Å². The molecule has 0 aliphatic carbocycles. The van der Waals surface area contributed by atoms with Gasteiger partial charge in [-0.05, 0) is 31.5 Å². The molecule has 1 aliphatic heterocycles. The van der Waals surface area contributed by atoms with Crippen molar-refractivity contribution in [2.45, 2.75) is 19.3 Å². The molecule has 8 heteroatoms. The van der Waals surface area contributed by atoms with Crippen molar-refractivity contribution in [2.75, 3.05) is 26.2 Å². The van der Waals surface area contributed by atoms with Gasteiger partial charge < -0.3 is 15.6 Å². The van der Waals surface area contributed by atoms with E-state index in [4.69, 9.17) is 10.3 Å². The lowest BCUT2D eigenvalue weighted by Gasteiger charge is -2.30. The lowest BCUT2D eigenvalue weighted by atomic mass is 9.97. The summed E-state index contributed by atoms with van der Waals surface area (Å²) in [6.07, 6.45) is 2.21. The number of rotatable bonds is 7. The van der Waals surface area contributed by atoms with E-state index in [2.05, 4.69) is 15.5 Å². The molecule has 0 saturated carbocycles. The number of carbonyl (C=O) groups is 2. The SMILES string of the molecule is NC(=O)CN1CCC[C@@H](C(=O)NCCc2noc(-c3ccccc3)n2)C1. The Morgan fingerprint density at radius 2 is 2.12 bits per heavy atom. The molecule has 2 amide bonds. The molecule has 138 valence electrons. The Morgan fingerprint density at radius 3 is 2.88 bits per heavy atom. The molecule has 2 aromatic rings. The summed E-state index contributed by atoms with van der Waals surface area (Å²) in [4.78, 5) is 29.6. The smallest absolute Gasteiger partial charge is 0.257 e. The highest BCUT2D eigenvalue weighted by Gasteiger charge is 2.26. The van der Waals surface area contributed by atoms with Gasteiger partial charge in [0, 0.05) is 25.1 Å². The quantitative estimate of drug-likeness (QED) is 0.750. The Balaban J connectivity index is 1.45. The normalized spacial score (nSPS) is 17.8. The van der Waals surface area contributed by atoms with Crippen LogP contribution in [0.25, 0.3) is 11.5 Å². The maximum Gasteiger partial charge on any atom is 0.257 e. The molecule has 2 heterocycles. The third kappa shape index (κ3) is 4.89. The first-order valence-corrected chi connectivity index (χ1v) is 8.78. The first-order chi connectivity index (χ1) is 12.6. The number of piperidine rings is 1. The van der Waals surface area contributed by atoms with Gasteiger partial charge in [0.25, 0.3) is 5.89 Å². The summed E-state index contributed by atoms with van der Waals surface area (Å²) in [7, 11) is 0. The van der Waals surface area contributed by atoms with Crippen LogP contribution in [0.15, 0.2) is 34.9 Å². The predicted octanol–water partition coefficient (Wildman–Crippen LogP) is 0.593. The fraction of sp³-hybridized carbons (Fsp3) is 0.444. The highest BCUT2D eigenvalue weighted by atomic mass is 16.5. The minimum atomic E-state index is -0.364. The molecule has 0 bridgehead atoms. The monoisotopic (exact) mass is 357 g/mol. The number of likely N-dealkylation sites (tertiary alicyclic amines) is 1. The van der Waals surface area contributed by atoms with Crippen LogP contribution in [0.4, 0.5) is 0 Å². The lowest BCUT2D eigenvalue weighted by Crippen LogP contribution is -2.46. The minimum Gasteiger partial charge on any atom is -0.369 e. The largest absolute Gasteiger partial charge is 0.369 e. The molecular weight excluding hydrogens is 334 g/mol. The van der Waals surface area contributed by atoms with Crippen LogP contribution in [0.2, 0.25) is 0 Å². The Hall–Kier alpha value is -2.74. The van der Waals surface area contributed by atoms with E-state index < -0.39 is 0 Å². The highest BCUT2D eigenvalue weighted by Crippen LogP contribution is 2.17. The lowest BCUT2D eigenvalue weighted by molar-refractivity contribution is -0.128. The number of primary amides is 1. The van der Waals surface area contributed by atoms with Gasteiger partial charge in [0.05, 0.1) is 12.5 Å². The van der Waals surface area contributed by atoms with E-state index in [1.807, 2.05) is 35.2 Å². The Kier molecular flexibility index (Phi) is 5.96. The second-order valence-corrected chi connectivity index (χ2v) is 6.46. The molecule has 1 saturated heterocycles. The average molecular weight is 357 g/mol. The van der Waals surface area contributed by atoms with Crippen molar-refractivity contribution in [1.29, 1.82) is 0 Å². The summed E-state index contributed by atoms with van der Waals surface area (Å²) in [6.45, 7) is 2.01. The second kappa shape index (κ2) is 8.57. The molecule has 1 fully saturated rings. The topological polar surface area (TPSA) is 114 Å². The molecule has 0 radical (unpaired) electrons. The summed E-state index contributed by atoms with van der Waals surface area (Å²) in [5.74, 6) is 0.543. The van der Waals surface area contributed by atoms with Crippen LogP contribution in [0.3, 0.4) is 0 Å². The van der Waals surface area contributed by atoms with E-state index in [0.29, 0.717) is 31.2 Å². The molecule has 3 N–H and O–H groups in total. The first kappa shape index (κ1) is 18.1. The Labute approximate surface area is 151 Å². The molecule has 1 aromatic heterocycles. The van der Waals surface area contributed by atoms with Crippen molar-refractivity contribution in [3.8, 4) is 11.5 Å². The van der Waals surface area contributed by atoms with Crippen molar-refractivity contribution in [3.63, 3.8) is 0 Å². The van der Waals surface area contributed by atoms with E-state index in [1.165, 1.54) is 0 Å². The van der Waals surface area contributed by atoms with Gasteiger partial charge in [0.2, 0.25) is 11.8 Å². The van der Waals surface area contributed by atoms with Gasteiger partial charge in [0.15, 0.2) is 5.82 Å². The van der Waals surface area contributed by atoms with E-state index in [-0.39, 0.29) is 24.3 Å². The maximum atomic E-state index is 12.3. The van der Waals surface area contributed by atoms with Crippen LogP contribution in [-0.4, -0.2) is 53.0 Å².